The maximum absolute atomic E-state index is 12.6. The maximum Gasteiger partial charge on any atom is 0.255 e. The summed E-state index contributed by atoms with van der Waals surface area (Å²) in [5, 5.41) is 6.07. The Morgan fingerprint density at radius 1 is 0.962 bits per heavy atom. The fraction of sp³-hybridized carbons (Fsp3) is 0.150. The van der Waals surface area contributed by atoms with Gasteiger partial charge in [-0.15, -0.1) is 0 Å². The van der Waals surface area contributed by atoms with Crippen molar-refractivity contribution in [2.75, 3.05) is 10.6 Å². The predicted octanol–water partition coefficient (Wildman–Crippen LogP) is 5.16. The van der Waals surface area contributed by atoms with Gasteiger partial charge in [-0.1, -0.05) is 12.1 Å². The van der Waals surface area contributed by atoms with Crippen LogP contribution >= 0.6 is 15.9 Å². The normalized spacial score (nSPS) is 10.5. The highest BCUT2D eigenvalue weighted by molar-refractivity contribution is 9.10. The maximum atomic E-state index is 12.6. The minimum atomic E-state index is -0.181. The van der Waals surface area contributed by atoms with E-state index in [9.17, 15) is 4.79 Å². The van der Waals surface area contributed by atoms with Crippen LogP contribution in [0, 0.1) is 20.8 Å². The fourth-order valence-electron chi connectivity index (χ4n) is 2.57. The van der Waals surface area contributed by atoms with Gasteiger partial charge in [0.15, 0.2) is 0 Å². The summed E-state index contributed by atoms with van der Waals surface area (Å²) in [7, 11) is 0. The van der Waals surface area contributed by atoms with Crippen LogP contribution in [0.1, 0.15) is 27.3 Å². The summed E-state index contributed by atoms with van der Waals surface area (Å²) < 4.78 is 0.851. The van der Waals surface area contributed by atoms with Gasteiger partial charge in [-0.2, -0.15) is 0 Å². The van der Waals surface area contributed by atoms with E-state index in [1.165, 1.54) is 0 Å². The summed E-state index contributed by atoms with van der Waals surface area (Å²) in [5.41, 5.74) is 4.93. The van der Waals surface area contributed by atoms with Crippen molar-refractivity contribution in [3.63, 3.8) is 0 Å². The zero-order valence-electron chi connectivity index (χ0n) is 14.8. The molecule has 0 aliphatic carbocycles. The number of hydrogen-bond acceptors (Lipinski definition) is 4. The highest BCUT2D eigenvalue weighted by atomic mass is 79.9. The first-order valence-corrected chi connectivity index (χ1v) is 8.97. The molecule has 1 aromatic heterocycles. The first-order valence-electron chi connectivity index (χ1n) is 8.17. The van der Waals surface area contributed by atoms with Crippen molar-refractivity contribution in [1.82, 2.24) is 9.97 Å². The number of nitrogens with one attached hydrogen (secondary N) is 2. The fourth-order valence-corrected chi connectivity index (χ4v) is 3.16. The molecule has 0 fully saturated rings. The van der Waals surface area contributed by atoms with E-state index in [1.807, 2.05) is 57.2 Å². The van der Waals surface area contributed by atoms with Gasteiger partial charge in [-0.3, -0.25) is 4.79 Å². The molecule has 0 saturated carbocycles. The number of halogens is 1. The third kappa shape index (κ3) is 4.46. The van der Waals surface area contributed by atoms with Gasteiger partial charge in [-0.25, -0.2) is 9.97 Å². The Morgan fingerprint density at radius 3 is 2.38 bits per heavy atom. The minimum absolute atomic E-state index is 0.181. The molecular formula is C20H19BrN4O. The number of carbonyl (C=O) groups is 1. The zero-order valence-corrected chi connectivity index (χ0v) is 16.4. The van der Waals surface area contributed by atoms with E-state index in [0.29, 0.717) is 11.5 Å². The van der Waals surface area contributed by atoms with Gasteiger partial charge in [0.25, 0.3) is 5.91 Å². The lowest BCUT2D eigenvalue weighted by Gasteiger charge is -2.10. The van der Waals surface area contributed by atoms with Gasteiger partial charge in [0, 0.05) is 27.1 Å². The van der Waals surface area contributed by atoms with Gasteiger partial charge < -0.3 is 10.6 Å². The molecule has 1 heterocycles. The third-order valence-electron chi connectivity index (χ3n) is 3.74. The van der Waals surface area contributed by atoms with Crippen LogP contribution < -0.4 is 10.6 Å². The van der Waals surface area contributed by atoms with E-state index < -0.39 is 0 Å². The molecule has 5 nitrogen and oxygen atoms in total. The van der Waals surface area contributed by atoms with Crippen LogP contribution in [0.2, 0.25) is 0 Å². The Hall–Kier alpha value is -2.73. The molecule has 0 aliphatic heterocycles. The molecule has 0 unspecified atom stereocenters. The second-order valence-electron chi connectivity index (χ2n) is 6.12. The monoisotopic (exact) mass is 410 g/mol. The lowest BCUT2D eigenvalue weighted by molar-refractivity contribution is 0.102. The van der Waals surface area contributed by atoms with Crippen molar-refractivity contribution >= 4 is 39.2 Å². The lowest BCUT2D eigenvalue weighted by Crippen LogP contribution is -2.12. The third-order valence-corrected chi connectivity index (χ3v) is 4.39. The van der Waals surface area contributed by atoms with Crippen LogP contribution in [0.4, 0.5) is 17.3 Å². The molecule has 0 atom stereocenters. The first kappa shape index (κ1) is 18.1. The molecule has 2 aromatic carbocycles. The molecule has 26 heavy (non-hydrogen) atoms. The van der Waals surface area contributed by atoms with Crippen molar-refractivity contribution in [2.45, 2.75) is 20.8 Å². The number of hydrogen-bond donors (Lipinski definition) is 2. The van der Waals surface area contributed by atoms with E-state index in [2.05, 4.69) is 36.5 Å². The number of aryl methyl sites for hydroxylation is 3. The van der Waals surface area contributed by atoms with Crippen molar-refractivity contribution in [3.8, 4) is 0 Å². The average Bonchev–Trinajstić information content (AvgIpc) is 2.56. The predicted molar refractivity (Wildman–Crippen MR) is 108 cm³/mol. The molecule has 2 N–H and O–H groups in total. The van der Waals surface area contributed by atoms with Gasteiger partial charge in [0.2, 0.25) is 5.95 Å². The van der Waals surface area contributed by atoms with E-state index in [4.69, 9.17) is 0 Å². The van der Waals surface area contributed by atoms with Crippen molar-refractivity contribution in [3.05, 3.63) is 75.5 Å². The minimum Gasteiger partial charge on any atom is -0.324 e. The quantitative estimate of drug-likeness (QED) is 0.623. The van der Waals surface area contributed by atoms with Crippen molar-refractivity contribution in [1.29, 1.82) is 0 Å². The van der Waals surface area contributed by atoms with Crippen LogP contribution in [0.3, 0.4) is 0 Å². The van der Waals surface area contributed by atoms with Crippen LogP contribution in [-0.2, 0) is 0 Å². The lowest BCUT2D eigenvalue weighted by atomic mass is 10.1. The molecule has 3 aromatic rings. The molecule has 0 spiro atoms. The first-order chi connectivity index (χ1) is 12.4. The standard InChI is InChI=1S/C20H19BrN4O/c1-12-7-8-18(17(21)9-12)25-19(26)15-5-4-6-16(11-15)24-20-22-13(2)10-14(3)23-20/h4-11H,1-3H3,(H,25,26)(H,22,23,24). The Kier molecular flexibility index (Phi) is 5.32. The number of benzene rings is 2. The highest BCUT2D eigenvalue weighted by Gasteiger charge is 2.10. The molecule has 1 amide bonds. The van der Waals surface area contributed by atoms with E-state index in [-0.39, 0.29) is 5.91 Å². The van der Waals surface area contributed by atoms with E-state index >= 15 is 0 Å². The summed E-state index contributed by atoms with van der Waals surface area (Å²) in [6, 6.07) is 14.9. The summed E-state index contributed by atoms with van der Waals surface area (Å²) in [5.74, 6) is 0.334. The van der Waals surface area contributed by atoms with Crippen LogP contribution in [0.5, 0.6) is 0 Å². The smallest absolute Gasteiger partial charge is 0.255 e. The van der Waals surface area contributed by atoms with Gasteiger partial charge in [-0.05, 0) is 78.7 Å². The van der Waals surface area contributed by atoms with Crippen LogP contribution in [0.25, 0.3) is 0 Å². The summed E-state index contributed by atoms with van der Waals surface area (Å²) in [6.45, 7) is 5.84. The SMILES string of the molecule is Cc1ccc(NC(=O)c2cccc(Nc3nc(C)cc(C)n3)c2)c(Br)c1. The molecule has 132 valence electrons. The topological polar surface area (TPSA) is 66.9 Å². The van der Waals surface area contributed by atoms with Crippen molar-refractivity contribution in [2.24, 2.45) is 0 Å². The highest BCUT2D eigenvalue weighted by Crippen LogP contribution is 2.24. The average molecular weight is 411 g/mol. The second-order valence-corrected chi connectivity index (χ2v) is 6.97. The zero-order chi connectivity index (χ0) is 18.7. The number of carbonyl (C=O) groups excluding carboxylic acids is 1. The number of amides is 1. The molecule has 6 heteroatoms. The Bertz CT molecular complexity index is 952. The molecule has 0 radical (unpaired) electrons. The Morgan fingerprint density at radius 2 is 1.69 bits per heavy atom. The molecular weight excluding hydrogens is 392 g/mol. The van der Waals surface area contributed by atoms with Crippen LogP contribution in [-0.4, -0.2) is 15.9 Å². The second kappa shape index (κ2) is 7.66. The van der Waals surface area contributed by atoms with Gasteiger partial charge in [0.1, 0.15) is 0 Å². The summed E-state index contributed by atoms with van der Waals surface area (Å²) in [4.78, 5) is 21.3. The Labute approximate surface area is 161 Å². The van der Waals surface area contributed by atoms with Crippen LogP contribution in [0.15, 0.2) is 53.0 Å². The molecule has 0 saturated heterocycles. The largest absolute Gasteiger partial charge is 0.324 e. The number of aromatic nitrogens is 2. The van der Waals surface area contributed by atoms with Gasteiger partial charge >= 0.3 is 0 Å². The Balaban J connectivity index is 1.78. The van der Waals surface area contributed by atoms with Gasteiger partial charge in [0.05, 0.1) is 5.69 Å². The van der Waals surface area contributed by atoms with E-state index in [1.54, 1.807) is 12.1 Å². The number of nitrogens with zero attached hydrogens (tertiary/aromatic N) is 2. The number of anilines is 3. The molecule has 0 aliphatic rings. The molecule has 3 rings (SSSR count). The van der Waals surface area contributed by atoms with E-state index in [0.717, 1.165) is 32.8 Å². The summed E-state index contributed by atoms with van der Waals surface area (Å²) >= 11 is 3.48. The number of rotatable bonds is 4. The van der Waals surface area contributed by atoms with Crippen molar-refractivity contribution < 1.29 is 4.79 Å². The summed E-state index contributed by atoms with van der Waals surface area (Å²) in [6.07, 6.45) is 0. The molecule has 0 bridgehead atoms.